The minimum atomic E-state index is 0.709. The number of halogens is 2. The average Bonchev–Trinajstić information content (AvgIpc) is 2.46. The van der Waals surface area contributed by atoms with Crippen LogP contribution in [-0.2, 0) is 6.54 Å². The molecule has 2 aromatic carbocycles. The van der Waals surface area contributed by atoms with Crippen LogP contribution in [-0.4, -0.2) is 14.2 Å². The molecule has 5 heteroatoms. The molecule has 1 N–H and O–H groups in total. The van der Waals surface area contributed by atoms with E-state index < -0.39 is 0 Å². The van der Waals surface area contributed by atoms with Gasteiger partial charge in [-0.2, -0.15) is 0 Å². The maximum atomic E-state index is 5.30. The van der Waals surface area contributed by atoms with Gasteiger partial charge in [-0.05, 0) is 55.6 Å². The standard InChI is InChI=1S/C15H15Br2NO2/c1-19-11-5-3-4-10(6-11)9-18-14-8-15(20-2)13(17)7-12(14)16/h3-8,18H,9H2,1-2H3. The van der Waals surface area contributed by atoms with Crippen molar-refractivity contribution in [2.75, 3.05) is 19.5 Å². The van der Waals surface area contributed by atoms with Crippen molar-refractivity contribution < 1.29 is 9.47 Å². The third-order valence-corrected chi connectivity index (χ3v) is 4.13. The summed E-state index contributed by atoms with van der Waals surface area (Å²) in [4.78, 5) is 0. The average molecular weight is 401 g/mol. The zero-order valence-electron chi connectivity index (χ0n) is 11.2. The molecular weight excluding hydrogens is 386 g/mol. The van der Waals surface area contributed by atoms with E-state index >= 15 is 0 Å². The number of benzene rings is 2. The maximum Gasteiger partial charge on any atom is 0.135 e. The second kappa shape index (κ2) is 6.99. The van der Waals surface area contributed by atoms with Crippen molar-refractivity contribution in [2.24, 2.45) is 0 Å². The lowest BCUT2D eigenvalue weighted by atomic mass is 10.2. The molecule has 0 amide bonds. The molecule has 0 fully saturated rings. The van der Waals surface area contributed by atoms with E-state index in [4.69, 9.17) is 9.47 Å². The molecule has 0 saturated carbocycles. The molecule has 106 valence electrons. The lowest BCUT2D eigenvalue weighted by Crippen LogP contribution is -2.01. The molecule has 0 aliphatic carbocycles. The fourth-order valence-electron chi connectivity index (χ4n) is 1.80. The molecule has 3 nitrogen and oxygen atoms in total. The fourth-order valence-corrected chi connectivity index (χ4v) is 3.10. The normalized spacial score (nSPS) is 10.2. The Morgan fingerprint density at radius 1 is 1.00 bits per heavy atom. The predicted molar refractivity (Wildman–Crippen MR) is 88.7 cm³/mol. The summed E-state index contributed by atoms with van der Waals surface area (Å²) in [5.41, 5.74) is 2.13. The Bertz CT molecular complexity index is 602. The van der Waals surface area contributed by atoms with Crippen molar-refractivity contribution >= 4 is 37.5 Å². The van der Waals surface area contributed by atoms with Gasteiger partial charge in [0.25, 0.3) is 0 Å². The third kappa shape index (κ3) is 3.67. The van der Waals surface area contributed by atoms with Crippen molar-refractivity contribution in [3.63, 3.8) is 0 Å². The highest BCUT2D eigenvalue weighted by molar-refractivity contribution is 9.11. The van der Waals surface area contributed by atoms with E-state index in [9.17, 15) is 0 Å². The zero-order chi connectivity index (χ0) is 14.5. The summed E-state index contributed by atoms with van der Waals surface area (Å²) < 4.78 is 12.4. The van der Waals surface area contributed by atoms with Gasteiger partial charge in [-0.15, -0.1) is 0 Å². The third-order valence-electron chi connectivity index (χ3n) is 2.86. The number of hydrogen-bond donors (Lipinski definition) is 1. The quantitative estimate of drug-likeness (QED) is 0.778. The van der Waals surface area contributed by atoms with Crippen LogP contribution in [0.4, 0.5) is 5.69 Å². The van der Waals surface area contributed by atoms with E-state index in [1.807, 2.05) is 30.3 Å². The Hall–Kier alpha value is -1.20. The lowest BCUT2D eigenvalue weighted by molar-refractivity contribution is 0.412. The van der Waals surface area contributed by atoms with E-state index in [0.29, 0.717) is 6.54 Å². The molecule has 0 bridgehead atoms. The summed E-state index contributed by atoms with van der Waals surface area (Å²) in [5.74, 6) is 1.65. The molecule has 0 aliphatic heterocycles. The number of nitrogens with one attached hydrogen (secondary N) is 1. The first-order valence-electron chi connectivity index (χ1n) is 6.04. The van der Waals surface area contributed by atoms with Crippen LogP contribution in [0.2, 0.25) is 0 Å². The van der Waals surface area contributed by atoms with Gasteiger partial charge in [0.2, 0.25) is 0 Å². The second-order valence-corrected chi connectivity index (χ2v) is 5.88. The first kappa shape index (κ1) is 15.2. The van der Waals surface area contributed by atoms with Gasteiger partial charge in [0, 0.05) is 17.1 Å². The van der Waals surface area contributed by atoms with E-state index in [1.165, 1.54) is 0 Å². The second-order valence-electron chi connectivity index (χ2n) is 4.17. The van der Waals surface area contributed by atoms with Crippen LogP contribution in [0.15, 0.2) is 45.3 Å². The molecule has 0 atom stereocenters. The fraction of sp³-hybridized carbons (Fsp3) is 0.200. The van der Waals surface area contributed by atoms with Gasteiger partial charge in [0.1, 0.15) is 11.5 Å². The van der Waals surface area contributed by atoms with Gasteiger partial charge in [-0.3, -0.25) is 0 Å². The highest BCUT2D eigenvalue weighted by Crippen LogP contribution is 2.34. The van der Waals surface area contributed by atoms with Crippen LogP contribution in [0.1, 0.15) is 5.56 Å². The first-order chi connectivity index (χ1) is 9.63. The lowest BCUT2D eigenvalue weighted by Gasteiger charge is -2.12. The van der Waals surface area contributed by atoms with E-state index in [-0.39, 0.29) is 0 Å². The molecule has 0 aliphatic rings. The van der Waals surface area contributed by atoms with E-state index in [2.05, 4.69) is 43.2 Å². The molecular formula is C15H15Br2NO2. The van der Waals surface area contributed by atoms with Crippen LogP contribution in [0.5, 0.6) is 11.5 Å². The van der Waals surface area contributed by atoms with Crippen molar-refractivity contribution in [3.05, 3.63) is 50.9 Å². The van der Waals surface area contributed by atoms with E-state index in [1.54, 1.807) is 14.2 Å². The van der Waals surface area contributed by atoms with Crippen LogP contribution in [0.3, 0.4) is 0 Å². The Balaban J connectivity index is 2.14. The van der Waals surface area contributed by atoms with Crippen molar-refractivity contribution in [3.8, 4) is 11.5 Å². The minimum absolute atomic E-state index is 0.709. The Labute approximate surface area is 135 Å². The van der Waals surface area contributed by atoms with Crippen LogP contribution in [0.25, 0.3) is 0 Å². The summed E-state index contributed by atoms with van der Waals surface area (Å²) in [7, 11) is 3.32. The molecule has 2 aromatic rings. The minimum Gasteiger partial charge on any atom is -0.497 e. The molecule has 0 heterocycles. The predicted octanol–water partition coefficient (Wildman–Crippen LogP) is 4.84. The molecule has 0 saturated heterocycles. The van der Waals surface area contributed by atoms with Gasteiger partial charge < -0.3 is 14.8 Å². The highest BCUT2D eigenvalue weighted by atomic mass is 79.9. The summed E-state index contributed by atoms with van der Waals surface area (Å²) in [6.07, 6.45) is 0. The Morgan fingerprint density at radius 2 is 1.80 bits per heavy atom. The van der Waals surface area contributed by atoms with Crippen LogP contribution < -0.4 is 14.8 Å². The number of methoxy groups -OCH3 is 2. The summed E-state index contributed by atoms with van der Waals surface area (Å²) in [6, 6.07) is 11.9. The topological polar surface area (TPSA) is 30.5 Å². The van der Waals surface area contributed by atoms with Crippen LogP contribution in [0, 0.1) is 0 Å². The smallest absolute Gasteiger partial charge is 0.135 e. The van der Waals surface area contributed by atoms with Gasteiger partial charge in [-0.1, -0.05) is 12.1 Å². The monoisotopic (exact) mass is 399 g/mol. The largest absolute Gasteiger partial charge is 0.497 e. The van der Waals surface area contributed by atoms with Gasteiger partial charge in [0.15, 0.2) is 0 Å². The van der Waals surface area contributed by atoms with Crippen molar-refractivity contribution in [1.82, 2.24) is 0 Å². The van der Waals surface area contributed by atoms with E-state index in [0.717, 1.165) is 31.7 Å². The van der Waals surface area contributed by atoms with Gasteiger partial charge >= 0.3 is 0 Å². The molecule has 0 unspecified atom stereocenters. The molecule has 0 radical (unpaired) electrons. The van der Waals surface area contributed by atoms with Crippen molar-refractivity contribution in [2.45, 2.75) is 6.54 Å². The molecule has 20 heavy (non-hydrogen) atoms. The maximum absolute atomic E-state index is 5.30. The molecule has 0 spiro atoms. The Morgan fingerprint density at radius 3 is 2.50 bits per heavy atom. The van der Waals surface area contributed by atoms with Crippen molar-refractivity contribution in [1.29, 1.82) is 0 Å². The number of anilines is 1. The SMILES string of the molecule is COc1cccc(CNc2cc(OC)c(Br)cc2Br)c1. The number of hydrogen-bond acceptors (Lipinski definition) is 3. The first-order valence-corrected chi connectivity index (χ1v) is 7.62. The Kier molecular flexibility index (Phi) is 5.31. The summed E-state index contributed by atoms with van der Waals surface area (Å²) in [6.45, 7) is 0.709. The zero-order valence-corrected chi connectivity index (χ0v) is 14.4. The van der Waals surface area contributed by atoms with Gasteiger partial charge in [-0.25, -0.2) is 0 Å². The molecule has 0 aromatic heterocycles. The highest BCUT2D eigenvalue weighted by Gasteiger charge is 2.07. The summed E-state index contributed by atoms with van der Waals surface area (Å²) in [5, 5.41) is 3.38. The van der Waals surface area contributed by atoms with Crippen LogP contribution >= 0.6 is 31.9 Å². The summed E-state index contributed by atoms with van der Waals surface area (Å²) >= 11 is 7.00. The number of ether oxygens (including phenoxy) is 2. The molecule has 2 rings (SSSR count). The van der Waals surface area contributed by atoms with Gasteiger partial charge in [0.05, 0.1) is 24.4 Å². The number of rotatable bonds is 5.